The molecule has 0 radical (unpaired) electrons. The molecule has 0 nitrogen and oxygen atoms in total. The van der Waals surface area contributed by atoms with E-state index in [1.807, 2.05) is 0 Å². The normalized spacial score (nSPS) is 13.7. The quantitative estimate of drug-likeness (QED) is 0.127. The van der Waals surface area contributed by atoms with E-state index in [0.29, 0.717) is 0 Å². The van der Waals surface area contributed by atoms with Gasteiger partial charge in [0.2, 0.25) is 0 Å². The Kier molecular flexibility index (Phi) is 12.0. The van der Waals surface area contributed by atoms with Gasteiger partial charge >= 0.3 is 99.2 Å². The Balaban J connectivity index is 0.000000170. The summed E-state index contributed by atoms with van der Waals surface area (Å²) in [6.45, 7) is 28.3. The van der Waals surface area contributed by atoms with Crippen molar-refractivity contribution in [1.29, 1.82) is 0 Å². The summed E-state index contributed by atoms with van der Waals surface area (Å²) in [6, 6.07) is 37.3. The summed E-state index contributed by atoms with van der Waals surface area (Å²) in [6.07, 6.45) is 6.80. The van der Waals surface area contributed by atoms with Gasteiger partial charge in [0.1, 0.15) is 0 Å². The van der Waals surface area contributed by atoms with Crippen molar-refractivity contribution < 1.29 is 24.2 Å². The number of benzene rings is 4. The molecule has 3 heteroatoms. The molecule has 0 saturated heterocycles. The van der Waals surface area contributed by atoms with Gasteiger partial charge in [-0.25, -0.2) is 11.3 Å². The van der Waals surface area contributed by atoms with E-state index in [0.717, 1.165) is 6.42 Å². The van der Waals surface area contributed by atoms with E-state index in [-0.39, 0.29) is 10.8 Å². The van der Waals surface area contributed by atoms with E-state index >= 15 is 0 Å². The van der Waals surface area contributed by atoms with Crippen molar-refractivity contribution in [3.63, 3.8) is 0 Å². The summed E-state index contributed by atoms with van der Waals surface area (Å²) < 4.78 is 1.42. The van der Waals surface area contributed by atoms with E-state index < -0.39 is 16.1 Å². The molecule has 1 aliphatic rings. The first-order valence-electron chi connectivity index (χ1n) is 17.4. The van der Waals surface area contributed by atoms with Gasteiger partial charge in [-0.1, -0.05) is 116 Å². The topological polar surface area (TPSA) is 0 Å². The fourth-order valence-corrected chi connectivity index (χ4v) is 12.2. The molecular weight excluding hydrogens is 688 g/mol. The Hall–Kier alpha value is -2.58. The van der Waals surface area contributed by atoms with Gasteiger partial charge in [0.25, 0.3) is 0 Å². The monoisotopic (exact) mass is 742 g/mol. The minimum absolute atomic E-state index is 0.203. The maximum atomic E-state index is 3.41. The van der Waals surface area contributed by atoms with Gasteiger partial charge < -0.3 is 0 Å². The standard InChI is InChI=1S/C21H25.C13H10.C11H21Si2.Zr/c1-20(2,3)16-7-9-18-14(12-16)11-15-13-17(21(4,5)6)8-10-19(15)18;1-3-7-12(8-4-1)11-13-9-5-2-6-10-13;1-12(2,3)10-8-7-9-11(10)13(4,5)6;/h7-13H,1-6H3;1-10H;8H,9H2,1-6H3;/q-1;;-1;+2. The zero-order valence-electron chi connectivity index (χ0n) is 31.6. The molecule has 0 spiro atoms. The van der Waals surface area contributed by atoms with Crippen LogP contribution in [-0.4, -0.2) is 19.4 Å². The Morgan fingerprint density at radius 3 is 1.35 bits per heavy atom. The van der Waals surface area contributed by atoms with Gasteiger partial charge in [0, 0.05) is 0 Å². The van der Waals surface area contributed by atoms with Crippen molar-refractivity contribution in [2.75, 3.05) is 0 Å². The third kappa shape index (κ3) is 9.77. The van der Waals surface area contributed by atoms with Crippen LogP contribution in [0.2, 0.25) is 39.3 Å². The van der Waals surface area contributed by atoms with Crippen LogP contribution in [0.25, 0.3) is 21.5 Å². The second kappa shape index (κ2) is 15.1. The number of hydrogen-bond donors (Lipinski definition) is 0. The Morgan fingerprint density at radius 1 is 0.604 bits per heavy atom. The third-order valence-electron chi connectivity index (χ3n) is 9.12. The SMILES string of the molecule is CC(C)(C)c1ccc2c(c1)[cH-]c1cc(C(C)(C)C)ccc12.C[Si](C)(C)C1=C([Si](C)(C)C)C[C-]=C1.[Zr+2]=[C](c1ccccc1)c1ccccc1. The van der Waals surface area contributed by atoms with Gasteiger partial charge in [-0.15, -0.1) is 46.2 Å². The molecule has 0 aromatic heterocycles. The van der Waals surface area contributed by atoms with E-state index in [4.69, 9.17) is 0 Å². The molecule has 0 saturated carbocycles. The van der Waals surface area contributed by atoms with Gasteiger partial charge in [0.05, 0.1) is 8.07 Å². The van der Waals surface area contributed by atoms with Crippen LogP contribution in [0, 0.1) is 6.08 Å². The minimum atomic E-state index is -1.10. The van der Waals surface area contributed by atoms with Crippen molar-refractivity contribution in [3.05, 3.63) is 148 Å². The van der Waals surface area contributed by atoms with Crippen LogP contribution in [0.15, 0.2) is 120 Å². The molecule has 5 aromatic carbocycles. The zero-order chi connectivity index (χ0) is 35.5. The molecule has 6 rings (SSSR count). The average molecular weight is 744 g/mol. The van der Waals surface area contributed by atoms with E-state index in [1.165, 1.54) is 71.2 Å². The van der Waals surface area contributed by atoms with Crippen LogP contribution in [0.5, 0.6) is 0 Å². The molecule has 248 valence electrons. The van der Waals surface area contributed by atoms with Crippen molar-refractivity contribution in [2.24, 2.45) is 0 Å². The van der Waals surface area contributed by atoms with E-state index in [2.05, 4.69) is 196 Å². The number of hydrogen-bond acceptors (Lipinski definition) is 0. The van der Waals surface area contributed by atoms with Crippen LogP contribution in [0.3, 0.4) is 0 Å². The van der Waals surface area contributed by atoms with Crippen molar-refractivity contribution in [2.45, 2.75) is 98.1 Å². The fourth-order valence-electron chi connectivity index (χ4n) is 6.11. The molecule has 0 heterocycles. The van der Waals surface area contributed by atoms with E-state index in [9.17, 15) is 0 Å². The Labute approximate surface area is 309 Å². The third-order valence-corrected chi connectivity index (χ3v) is 15.1. The first kappa shape index (κ1) is 38.2. The average Bonchev–Trinajstić information content (AvgIpc) is 3.67. The molecule has 0 aliphatic heterocycles. The predicted octanol–water partition coefficient (Wildman–Crippen LogP) is 12.9. The molecule has 0 bridgehead atoms. The van der Waals surface area contributed by atoms with Crippen LogP contribution in [-0.2, 0) is 35.1 Å². The van der Waals surface area contributed by atoms with Gasteiger partial charge in [-0.3, -0.25) is 6.08 Å². The first-order valence-corrected chi connectivity index (χ1v) is 25.6. The van der Waals surface area contributed by atoms with Crippen LogP contribution in [0.4, 0.5) is 0 Å². The van der Waals surface area contributed by atoms with Crippen molar-refractivity contribution in [3.8, 4) is 0 Å². The van der Waals surface area contributed by atoms with Gasteiger partial charge in [-0.2, -0.15) is 5.20 Å². The second-order valence-electron chi connectivity index (χ2n) is 17.3. The molecule has 0 amide bonds. The number of allylic oxidation sites excluding steroid dienone is 4. The molecule has 0 fully saturated rings. The molecule has 0 unspecified atom stereocenters. The molecule has 0 atom stereocenters. The zero-order valence-corrected chi connectivity index (χ0v) is 36.1. The Bertz CT molecular complexity index is 1800. The van der Waals surface area contributed by atoms with E-state index in [1.54, 1.807) is 10.4 Å². The van der Waals surface area contributed by atoms with Crippen molar-refractivity contribution in [1.82, 2.24) is 0 Å². The molecule has 0 N–H and O–H groups in total. The van der Waals surface area contributed by atoms with Gasteiger partial charge in [0.15, 0.2) is 0 Å². The maximum absolute atomic E-state index is 3.41. The first-order chi connectivity index (χ1) is 22.3. The summed E-state index contributed by atoms with van der Waals surface area (Å²) in [5.41, 5.74) is 5.87. The Morgan fingerprint density at radius 2 is 1.02 bits per heavy atom. The predicted molar refractivity (Wildman–Crippen MR) is 217 cm³/mol. The summed E-state index contributed by atoms with van der Waals surface area (Å²) in [5, 5.41) is 8.92. The molecule has 48 heavy (non-hydrogen) atoms. The molecule has 5 aromatic rings. The van der Waals surface area contributed by atoms with Crippen LogP contribution in [0.1, 0.15) is 70.2 Å². The molecular formula is C45H56Si2Zr. The number of fused-ring (bicyclic) bond motifs is 3. The second-order valence-corrected chi connectivity index (χ2v) is 28.6. The summed E-state index contributed by atoms with van der Waals surface area (Å²) in [7, 11) is -2.18. The van der Waals surface area contributed by atoms with Crippen LogP contribution < -0.4 is 0 Å². The van der Waals surface area contributed by atoms with Crippen LogP contribution >= 0.6 is 0 Å². The summed E-state index contributed by atoms with van der Waals surface area (Å²) in [5.74, 6) is 0. The number of rotatable bonds is 4. The van der Waals surface area contributed by atoms with Gasteiger partial charge in [-0.05, 0) is 18.9 Å². The fraction of sp³-hybridized carbons (Fsp3) is 0.333. The van der Waals surface area contributed by atoms with Crippen molar-refractivity contribution >= 4 is 40.9 Å². The summed E-state index contributed by atoms with van der Waals surface area (Å²) in [4.78, 5) is 0. The summed E-state index contributed by atoms with van der Waals surface area (Å²) >= 11 is 1.46. The molecule has 1 aliphatic carbocycles.